The van der Waals surface area contributed by atoms with Gasteiger partial charge in [-0.05, 0) is 24.3 Å². The Hall–Kier alpha value is -2.73. The first kappa shape index (κ1) is 12.3. The van der Waals surface area contributed by atoms with Gasteiger partial charge < -0.3 is 9.84 Å². The van der Waals surface area contributed by atoms with E-state index < -0.39 is 11.2 Å². The predicted octanol–water partition coefficient (Wildman–Crippen LogP) is 2.43. The molecule has 20 heavy (non-hydrogen) atoms. The van der Waals surface area contributed by atoms with Crippen LogP contribution in [0.3, 0.4) is 0 Å². The normalized spacial score (nSPS) is 16.9. The fraction of sp³-hybridized carbons (Fsp3) is 0.0714. The van der Waals surface area contributed by atoms with Crippen LogP contribution in [0.15, 0.2) is 53.5 Å². The molecule has 0 amide bonds. The van der Waals surface area contributed by atoms with E-state index in [0.29, 0.717) is 22.7 Å². The van der Waals surface area contributed by atoms with Crippen molar-refractivity contribution in [2.24, 2.45) is 4.99 Å². The molecule has 0 saturated heterocycles. The number of aliphatic hydroxyl groups excluding tert-OH is 1. The van der Waals surface area contributed by atoms with Crippen molar-refractivity contribution in [3.05, 3.63) is 64.2 Å². The number of aliphatic imine (C=N–C) groups is 1. The molecule has 1 unspecified atom stereocenters. The quantitative estimate of drug-likeness (QED) is 0.670. The van der Waals surface area contributed by atoms with Crippen molar-refractivity contribution in [2.45, 2.75) is 6.29 Å². The van der Waals surface area contributed by atoms with Gasteiger partial charge in [0.2, 0.25) is 6.29 Å². The number of para-hydroxylation sites is 2. The molecule has 1 aliphatic heterocycles. The Morgan fingerprint density at radius 2 is 1.85 bits per heavy atom. The molecule has 0 fully saturated rings. The van der Waals surface area contributed by atoms with E-state index in [4.69, 9.17) is 4.74 Å². The molecule has 1 atom stereocenters. The van der Waals surface area contributed by atoms with Gasteiger partial charge in [-0.3, -0.25) is 10.1 Å². The highest BCUT2D eigenvalue weighted by Gasteiger charge is 2.23. The third-order valence-corrected chi connectivity index (χ3v) is 2.95. The van der Waals surface area contributed by atoms with Gasteiger partial charge >= 0.3 is 0 Å². The van der Waals surface area contributed by atoms with Crippen LogP contribution in [-0.2, 0) is 0 Å². The molecule has 0 saturated carbocycles. The molecule has 6 nitrogen and oxygen atoms in total. The van der Waals surface area contributed by atoms with E-state index in [-0.39, 0.29) is 5.69 Å². The summed E-state index contributed by atoms with van der Waals surface area (Å²) in [5.74, 6) is 0.505. The predicted molar refractivity (Wildman–Crippen MR) is 72.4 cm³/mol. The van der Waals surface area contributed by atoms with Crippen LogP contribution in [0.2, 0.25) is 0 Å². The minimum atomic E-state index is -1.19. The van der Waals surface area contributed by atoms with E-state index in [1.165, 1.54) is 24.3 Å². The zero-order valence-corrected chi connectivity index (χ0v) is 10.3. The lowest BCUT2D eigenvalue weighted by atomic mass is 10.1. The second kappa shape index (κ2) is 4.75. The fourth-order valence-corrected chi connectivity index (χ4v) is 1.97. The van der Waals surface area contributed by atoms with Gasteiger partial charge in [0.1, 0.15) is 17.1 Å². The number of hydrogen-bond acceptors (Lipinski definition) is 5. The number of ether oxygens (including phenoxy) is 1. The summed E-state index contributed by atoms with van der Waals surface area (Å²) in [5.41, 5.74) is 1.52. The van der Waals surface area contributed by atoms with Crippen LogP contribution in [0.5, 0.6) is 5.75 Å². The molecule has 2 aromatic rings. The fourth-order valence-electron chi connectivity index (χ4n) is 1.97. The van der Waals surface area contributed by atoms with Crippen molar-refractivity contribution in [3.63, 3.8) is 0 Å². The first-order valence-corrected chi connectivity index (χ1v) is 5.92. The maximum atomic E-state index is 10.6. The van der Waals surface area contributed by atoms with Crippen LogP contribution in [0.1, 0.15) is 5.56 Å². The Morgan fingerprint density at radius 1 is 1.15 bits per heavy atom. The average Bonchev–Trinajstić information content (AvgIpc) is 2.46. The van der Waals surface area contributed by atoms with Gasteiger partial charge in [0.05, 0.1) is 4.92 Å². The van der Waals surface area contributed by atoms with Gasteiger partial charge in [-0.1, -0.05) is 12.1 Å². The highest BCUT2D eigenvalue weighted by molar-refractivity contribution is 6.05. The van der Waals surface area contributed by atoms with E-state index in [1.807, 2.05) is 6.07 Å². The van der Waals surface area contributed by atoms with Gasteiger partial charge in [0.15, 0.2) is 0 Å². The van der Waals surface area contributed by atoms with Crippen molar-refractivity contribution in [2.75, 3.05) is 0 Å². The molecular weight excluding hydrogens is 260 g/mol. The summed E-state index contributed by atoms with van der Waals surface area (Å²) in [4.78, 5) is 14.5. The van der Waals surface area contributed by atoms with Crippen molar-refractivity contribution >= 4 is 17.1 Å². The summed E-state index contributed by atoms with van der Waals surface area (Å²) in [6.45, 7) is 0. The number of nitro groups is 1. The highest BCUT2D eigenvalue weighted by Crippen LogP contribution is 2.32. The molecule has 1 heterocycles. The van der Waals surface area contributed by atoms with Crippen LogP contribution < -0.4 is 4.74 Å². The SMILES string of the molecule is O=[N+]([O-])c1ccc(C2=Nc3ccccc3OC2O)cc1. The van der Waals surface area contributed by atoms with E-state index in [0.717, 1.165) is 0 Å². The van der Waals surface area contributed by atoms with Crippen LogP contribution in [0.4, 0.5) is 11.4 Å². The molecule has 0 aromatic heterocycles. The maximum absolute atomic E-state index is 10.6. The van der Waals surface area contributed by atoms with Gasteiger partial charge in [-0.15, -0.1) is 0 Å². The van der Waals surface area contributed by atoms with Gasteiger partial charge in [-0.25, -0.2) is 4.99 Å². The first-order valence-electron chi connectivity index (χ1n) is 5.92. The third-order valence-electron chi connectivity index (χ3n) is 2.95. The summed E-state index contributed by atoms with van der Waals surface area (Å²) >= 11 is 0. The summed E-state index contributed by atoms with van der Waals surface area (Å²) < 4.78 is 5.37. The number of hydrogen-bond donors (Lipinski definition) is 1. The lowest BCUT2D eigenvalue weighted by molar-refractivity contribution is -0.384. The zero-order valence-electron chi connectivity index (χ0n) is 10.3. The number of non-ortho nitro benzene ring substituents is 1. The Balaban J connectivity index is 2.01. The highest BCUT2D eigenvalue weighted by atomic mass is 16.6. The third kappa shape index (κ3) is 2.12. The van der Waals surface area contributed by atoms with Gasteiger partial charge in [-0.2, -0.15) is 0 Å². The van der Waals surface area contributed by atoms with Crippen LogP contribution >= 0.6 is 0 Å². The standard InChI is InChI=1S/C14H10N2O4/c17-14-13(9-5-7-10(8-6-9)16(18)19)15-11-3-1-2-4-12(11)20-14/h1-8,14,17H. The van der Waals surface area contributed by atoms with Crippen LogP contribution in [0.25, 0.3) is 0 Å². The molecule has 0 bridgehead atoms. The number of rotatable bonds is 2. The second-order valence-electron chi connectivity index (χ2n) is 4.24. The molecular formula is C14H10N2O4. The summed E-state index contributed by atoms with van der Waals surface area (Å²) in [6, 6.07) is 12.9. The monoisotopic (exact) mass is 270 g/mol. The summed E-state index contributed by atoms with van der Waals surface area (Å²) in [6.07, 6.45) is -1.19. The molecule has 2 aromatic carbocycles. The van der Waals surface area contributed by atoms with Gasteiger partial charge in [0.25, 0.3) is 5.69 Å². The Labute approximate surface area is 114 Å². The topological polar surface area (TPSA) is 85.0 Å². The van der Waals surface area contributed by atoms with Crippen molar-refractivity contribution in [1.29, 1.82) is 0 Å². The summed E-state index contributed by atoms with van der Waals surface area (Å²) in [7, 11) is 0. The molecule has 0 spiro atoms. The number of fused-ring (bicyclic) bond motifs is 1. The second-order valence-corrected chi connectivity index (χ2v) is 4.24. The Kier molecular flexibility index (Phi) is 2.92. The Bertz CT molecular complexity index is 695. The number of benzene rings is 2. The lowest BCUT2D eigenvalue weighted by Gasteiger charge is -2.22. The van der Waals surface area contributed by atoms with Crippen molar-refractivity contribution in [3.8, 4) is 5.75 Å². The van der Waals surface area contributed by atoms with Crippen LogP contribution in [-0.4, -0.2) is 22.0 Å². The minimum absolute atomic E-state index is 0.0130. The average molecular weight is 270 g/mol. The lowest BCUT2D eigenvalue weighted by Crippen LogP contribution is -2.29. The molecule has 100 valence electrons. The van der Waals surface area contributed by atoms with E-state index in [2.05, 4.69) is 4.99 Å². The minimum Gasteiger partial charge on any atom is -0.457 e. The number of nitro benzene ring substituents is 1. The van der Waals surface area contributed by atoms with Gasteiger partial charge in [0, 0.05) is 17.7 Å². The molecule has 0 radical (unpaired) electrons. The molecule has 1 aliphatic rings. The molecule has 0 aliphatic carbocycles. The summed E-state index contributed by atoms with van der Waals surface area (Å²) in [5, 5.41) is 20.6. The Morgan fingerprint density at radius 3 is 2.55 bits per heavy atom. The number of nitrogens with zero attached hydrogens (tertiary/aromatic N) is 2. The molecule has 1 N–H and O–H groups in total. The molecule has 3 rings (SSSR count). The smallest absolute Gasteiger partial charge is 0.269 e. The molecule has 6 heteroatoms. The maximum Gasteiger partial charge on any atom is 0.269 e. The van der Waals surface area contributed by atoms with Crippen molar-refractivity contribution in [1.82, 2.24) is 0 Å². The number of aliphatic hydroxyl groups is 1. The largest absolute Gasteiger partial charge is 0.457 e. The van der Waals surface area contributed by atoms with Crippen LogP contribution in [0, 0.1) is 10.1 Å². The zero-order chi connectivity index (χ0) is 14.1. The van der Waals surface area contributed by atoms with E-state index in [9.17, 15) is 15.2 Å². The van der Waals surface area contributed by atoms with E-state index in [1.54, 1.807) is 18.2 Å². The first-order chi connectivity index (χ1) is 9.65. The van der Waals surface area contributed by atoms with Crippen molar-refractivity contribution < 1.29 is 14.8 Å². The van der Waals surface area contributed by atoms with E-state index >= 15 is 0 Å².